The first-order valence-electron chi connectivity index (χ1n) is 6.87. The molecule has 4 rings (SSSR count). The standard InChI is InChI=1S/C16H10FN5O/c17-11-8-18-6-5-9(11)14-7-10(16(23)22-21-14)15-19-12-3-1-2-4-13(12)20-15/h1-8H,(H,19,20)(H,22,23). The molecule has 0 aliphatic carbocycles. The summed E-state index contributed by atoms with van der Waals surface area (Å²) in [4.78, 5) is 23.3. The Kier molecular flexibility index (Phi) is 2.97. The number of nitrogens with one attached hydrogen (secondary N) is 2. The van der Waals surface area contributed by atoms with E-state index in [1.807, 2.05) is 24.3 Å². The molecule has 0 atom stereocenters. The fourth-order valence-corrected chi connectivity index (χ4v) is 2.38. The first-order chi connectivity index (χ1) is 11.2. The second kappa shape index (κ2) is 5.13. The zero-order chi connectivity index (χ0) is 15.8. The van der Waals surface area contributed by atoms with Gasteiger partial charge in [-0.3, -0.25) is 9.78 Å². The zero-order valence-electron chi connectivity index (χ0n) is 11.7. The summed E-state index contributed by atoms with van der Waals surface area (Å²) in [6.45, 7) is 0. The van der Waals surface area contributed by atoms with Crippen LogP contribution in [0.5, 0.6) is 0 Å². The predicted molar refractivity (Wildman–Crippen MR) is 83.1 cm³/mol. The lowest BCUT2D eigenvalue weighted by atomic mass is 10.1. The number of hydrogen-bond acceptors (Lipinski definition) is 4. The molecule has 0 bridgehead atoms. The summed E-state index contributed by atoms with van der Waals surface area (Å²) in [5, 5.41) is 6.29. The third-order valence-electron chi connectivity index (χ3n) is 3.50. The summed E-state index contributed by atoms with van der Waals surface area (Å²) in [6, 6.07) is 10.5. The Hall–Kier alpha value is -3.35. The summed E-state index contributed by atoms with van der Waals surface area (Å²) >= 11 is 0. The van der Waals surface area contributed by atoms with Gasteiger partial charge in [-0.15, -0.1) is 0 Å². The quantitative estimate of drug-likeness (QED) is 0.595. The van der Waals surface area contributed by atoms with E-state index in [4.69, 9.17) is 0 Å². The van der Waals surface area contributed by atoms with Gasteiger partial charge in [-0.25, -0.2) is 14.5 Å². The second-order valence-electron chi connectivity index (χ2n) is 4.95. The monoisotopic (exact) mass is 307 g/mol. The molecule has 0 amide bonds. The molecule has 0 saturated heterocycles. The highest BCUT2D eigenvalue weighted by Crippen LogP contribution is 2.23. The van der Waals surface area contributed by atoms with Crippen LogP contribution in [0.1, 0.15) is 0 Å². The smallest absolute Gasteiger partial charge is 0.275 e. The van der Waals surface area contributed by atoms with Crippen molar-refractivity contribution in [2.24, 2.45) is 0 Å². The van der Waals surface area contributed by atoms with Gasteiger partial charge in [-0.05, 0) is 24.3 Å². The highest BCUT2D eigenvalue weighted by molar-refractivity contribution is 5.79. The fourth-order valence-electron chi connectivity index (χ4n) is 2.38. The van der Waals surface area contributed by atoms with Crippen LogP contribution in [0.15, 0.2) is 53.6 Å². The van der Waals surface area contributed by atoms with Gasteiger partial charge in [0.25, 0.3) is 5.56 Å². The Bertz CT molecular complexity index is 1040. The van der Waals surface area contributed by atoms with E-state index in [0.717, 1.165) is 17.2 Å². The average Bonchev–Trinajstić information content (AvgIpc) is 3.00. The number of pyridine rings is 1. The van der Waals surface area contributed by atoms with Gasteiger partial charge < -0.3 is 4.98 Å². The first-order valence-corrected chi connectivity index (χ1v) is 6.87. The van der Waals surface area contributed by atoms with Gasteiger partial charge in [0, 0.05) is 11.8 Å². The largest absolute Gasteiger partial charge is 0.338 e. The molecule has 2 N–H and O–H groups in total. The maximum Gasteiger partial charge on any atom is 0.275 e. The normalized spacial score (nSPS) is 11.0. The summed E-state index contributed by atoms with van der Waals surface area (Å²) in [5.41, 5.74) is 2.02. The Morgan fingerprint density at radius 1 is 1.09 bits per heavy atom. The summed E-state index contributed by atoms with van der Waals surface area (Å²) in [5.74, 6) is -0.104. The van der Waals surface area contributed by atoms with Crippen molar-refractivity contribution in [1.82, 2.24) is 25.1 Å². The maximum absolute atomic E-state index is 13.9. The Morgan fingerprint density at radius 3 is 2.78 bits per heavy atom. The predicted octanol–water partition coefficient (Wildman–Crippen LogP) is 2.51. The van der Waals surface area contributed by atoms with E-state index in [-0.39, 0.29) is 5.56 Å². The van der Waals surface area contributed by atoms with Crippen molar-refractivity contribution in [3.63, 3.8) is 0 Å². The molecule has 0 aliphatic heterocycles. The van der Waals surface area contributed by atoms with E-state index in [1.54, 1.807) is 0 Å². The Balaban J connectivity index is 1.90. The number of para-hydroxylation sites is 2. The molecular formula is C16H10FN5O. The van der Waals surface area contributed by atoms with Gasteiger partial charge in [0.2, 0.25) is 0 Å². The number of fused-ring (bicyclic) bond motifs is 1. The van der Waals surface area contributed by atoms with Crippen molar-refractivity contribution >= 4 is 11.0 Å². The van der Waals surface area contributed by atoms with E-state index >= 15 is 0 Å². The number of halogens is 1. The number of H-pyrrole nitrogens is 2. The van der Waals surface area contributed by atoms with E-state index in [9.17, 15) is 9.18 Å². The molecule has 4 aromatic rings. The van der Waals surface area contributed by atoms with Crippen molar-refractivity contribution in [2.75, 3.05) is 0 Å². The molecule has 0 aliphatic rings. The van der Waals surface area contributed by atoms with Crippen LogP contribution in [0.25, 0.3) is 33.7 Å². The number of hydrogen-bond donors (Lipinski definition) is 2. The van der Waals surface area contributed by atoms with Crippen LogP contribution in [0.2, 0.25) is 0 Å². The van der Waals surface area contributed by atoms with Gasteiger partial charge in [-0.1, -0.05) is 12.1 Å². The van der Waals surface area contributed by atoms with Crippen LogP contribution in [-0.4, -0.2) is 25.1 Å². The molecule has 23 heavy (non-hydrogen) atoms. The highest BCUT2D eigenvalue weighted by atomic mass is 19.1. The molecule has 0 unspecified atom stereocenters. The Morgan fingerprint density at radius 2 is 1.96 bits per heavy atom. The lowest BCUT2D eigenvalue weighted by Crippen LogP contribution is -2.12. The number of nitrogens with zero attached hydrogens (tertiary/aromatic N) is 3. The number of benzene rings is 1. The van der Waals surface area contributed by atoms with Gasteiger partial charge in [0.1, 0.15) is 5.82 Å². The molecule has 6 nitrogen and oxygen atoms in total. The molecular weight excluding hydrogens is 297 g/mol. The van der Waals surface area contributed by atoms with Crippen molar-refractivity contribution in [3.8, 4) is 22.6 Å². The zero-order valence-corrected chi connectivity index (χ0v) is 11.7. The minimum Gasteiger partial charge on any atom is -0.338 e. The van der Waals surface area contributed by atoms with Gasteiger partial charge >= 0.3 is 0 Å². The van der Waals surface area contributed by atoms with Crippen molar-refractivity contribution < 1.29 is 4.39 Å². The number of aromatic amines is 2. The number of aromatic nitrogens is 5. The Labute approximate surface area is 129 Å². The molecule has 0 saturated carbocycles. The van der Waals surface area contributed by atoms with E-state index in [0.29, 0.717) is 17.1 Å². The second-order valence-corrected chi connectivity index (χ2v) is 4.95. The van der Waals surface area contributed by atoms with E-state index < -0.39 is 11.4 Å². The van der Waals surface area contributed by atoms with Crippen LogP contribution in [-0.2, 0) is 0 Å². The highest BCUT2D eigenvalue weighted by Gasteiger charge is 2.13. The molecule has 1 aromatic carbocycles. The van der Waals surface area contributed by atoms with Crippen LogP contribution in [0.4, 0.5) is 4.39 Å². The summed E-state index contributed by atoms with van der Waals surface area (Å²) in [6.07, 6.45) is 2.56. The molecule has 0 radical (unpaired) electrons. The third kappa shape index (κ3) is 2.28. The molecule has 3 heterocycles. The minimum absolute atomic E-state index is 0.258. The third-order valence-corrected chi connectivity index (χ3v) is 3.50. The summed E-state index contributed by atoms with van der Waals surface area (Å²) in [7, 11) is 0. The van der Waals surface area contributed by atoms with Crippen molar-refractivity contribution in [3.05, 3.63) is 65.0 Å². The van der Waals surface area contributed by atoms with Crippen LogP contribution >= 0.6 is 0 Å². The molecule has 3 aromatic heterocycles. The first kappa shape index (κ1) is 13.3. The average molecular weight is 307 g/mol. The van der Waals surface area contributed by atoms with Gasteiger partial charge in [0.15, 0.2) is 5.82 Å². The summed E-state index contributed by atoms with van der Waals surface area (Å²) < 4.78 is 13.9. The van der Waals surface area contributed by atoms with E-state index in [1.165, 1.54) is 18.3 Å². The van der Waals surface area contributed by atoms with Crippen molar-refractivity contribution in [2.45, 2.75) is 0 Å². The maximum atomic E-state index is 13.9. The number of rotatable bonds is 2. The van der Waals surface area contributed by atoms with Gasteiger partial charge in [0.05, 0.1) is 28.5 Å². The molecule has 7 heteroatoms. The molecule has 0 spiro atoms. The van der Waals surface area contributed by atoms with E-state index in [2.05, 4.69) is 25.1 Å². The lowest BCUT2D eigenvalue weighted by molar-refractivity contribution is 0.624. The topological polar surface area (TPSA) is 87.3 Å². The van der Waals surface area contributed by atoms with Gasteiger partial charge in [-0.2, -0.15) is 5.10 Å². The lowest BCUT2D eigenvalue weighted by Gasteiger charge is -2.03. The number of imidazole rings is 1. The molecule has 112 valence electrons. The van der Waals surface area contributed by atoms with Crippen LogP contribution < -0.4 is 5.56 Å². The van der Waals surface area contributed by atoms with Crippen molar-refractivity contribution in [1.29, 1.82) is 0 Å². The SMILES string of the molecule is O=c1[nH]nc(-c2ccncc2F)cc1-c1nc2ccccc2[nH]1. The van der Waals surface area contributed by atoms with Crippen LogP contribution in [0, 0.1) is 5.82 Å². The minimum atomic E-state index is -0.511. The fraction of sp³-hybridized carbons (Fsp3) is 0. The molecule has 0 fully saturated rings. The van der Waals surface area contributed by atoms with Crippen LogP contribution in [0.3, 0.4) is 0 Å².